The predicted octanol–water partition coefficient (Wildman–Crippen LogP) is 5.68. The summed E-state index contributed by atoms with van der Waals surface area (Å²) >= 11 is 0. The van der Waals surface area contributed by atoms with Crippen molar-refractivity contribution in [2.45, 2.75) is 0 Å². The van der Waals surface area contributed by atoms with E-state index in [9.17, 15) is 5.21 Å². The van der Waals surface area contributed by atoms with Crippen molar-refractivity contribution in [3.8, 4) is 11.1 Å². The second-order valence-electron chi connectivity index (χ2n) is 6.71. The van der Waals surface area contributed by atoms with Gasteiger partial charge in [-0.3, -0.25) is 0 Å². The fraction of sp³-hybridized carbons (Fsp3) is 0. The highest BCUT2D eigenvalue weighted by Crippen LogP contribution is 2.47. The number of nitrogens with zero attached hydrogens (tertiary/aromatic N) is 1. The Morgan fingerprint density at radius 1 is 0.654 bits per heavy atom. The van der Waals surface area contributed by atoms with Crippen molar-refractivity contribution in [1.29, 1.82) is 0 Å². The molecule has 0 amide bonds. The van der Waals surface area contributed by atoms with E-state index in [2.05, 4.69) is 58.7 Å². The molecule has 4 aromatic carbocycles. The lowest BCUT2D eigenvalue weighted by atomic mass is 9.93. The largest absolute Gasteiger partial charge is 0.410 e. The van der Waals surface area contributed by atoms with Gasteiger partial charge in [0.25, 0.3) is 0 Å². The Hall–Kier alpha value is -3.59. The number of aromatic amines is 1. The van der Waals surface area contributed by atoms with Crippen LogP contribution in [0.3, 0.4) is 0 Å². The number of rotatable bonds is 0. The van der Waals surface area contributed by atoms with Gasteiger partial charge >= 0.3 is 0 Å². The fourth-order valence-corrected chi connectivity index (χ4v) is 4.45. The molecule has 0 radical (unpaired) electrons. The Kier molecular flexibility index (Phi) is 2.49. The molecule has 122 valence electrons. The topological polar surface area (TPSA) is 48.4 Å². The average molecular weight is 334 g/mol. The molecule has 0 bridgehead atoms. The number of H-pyrrole nitrogens is 1. The molecule has 1 aliphatic carbocycles. The zero-order valence-electron chi connectivity index (χ0n) is 13.8. The molecule has 0 spiro atoms. The van der Waals surface area contributed by atoms with Crippen LogP contribution in [0.2, 0.25) is 0 Å². The highest BCUT2D eigenvalue weighted by molar-refractivity contribution is 6.37. The molecule has 1 aliphatic rings. The lowest BCUT2D eigenvalue weighted by Gasteiger charge is -2.09. The van der Waals surface area contributed by atoms with Crippen molar-refractivity contribution in [2.75, 3.05) is 0 Å². The maximum Gasteiger partial charge on any atom is 0.120 e. The first-order chi connectivity index (χ1) is 12.9. The second kappa shape index (κ2) is 4.73. The first-order valence-electron chi connectivity index (χ1n) is 8.66. The van der Waals surface area contributed by atoms with E-state index in [1.807, 2.05) is 24.3 Å². The van der Waals surface area contributed by atoms with Gasteiger partial charge in [-0.05, 0) is 22.4 Å². The molecule has 0 atom stereocenters. The van der Waals surface area contributed by atoms with Gasteiger partial charge in [0, 0.05) is 33.0 Å². The highest BCUT2D eigenvalue weighted by atomic mass is 16.4. The molecule has 0 saturated carbocycles. The third kappa shape index (κ3) is 1.51. The lowest BCUT2D eigenvalue weighted by molar-refractivity contribution is 0.320. The number of benzene rings is 4. The van der Waals surface area contributed by atoms with E-state index in [0.29, 0.717) is 5.71 Å². The quantitative estimate of drug-likeness (QED) is 0.272. The molecule has 5 aromatic rings. The first-order valence-corrected chi connectivity index (χ1v) is 8.66. The standard InChI is InChI=1S/C23H14N2O/c26-25-22-16-10-4-3-9-15(16)19-13-7-1-2-8-14(13)20-17-11-5-6-12-18(17)24-23(20)21(19)22/h1-12,24,26H/b25-22-. The fourth-order valence-electron chi connectivity index (χ4n) is 4.45. The van der Waals surface area contributed by atoms with Crippen LogP contribution in [0.4, 0.5) is 0 Å². The van der Waals surface area contributed by atoms with Crippen LogP contribution in [-0.4, -0.2) is 15.9 Å². The Morgan fingerprint density at radius 2 is 1.31 bits per heavy atom. The van der Waals surface area contributed by atoms with E-state index in [0.717, 1.165) is 33.3 Å². The second-order valence-corrected chi connectivity index (χ2v) is 6.71. The number of aromatic nitrogens is 1. The molecular weight excluding hydrogens is 320 g/mol. The van der Waals surface area contributed by atoms with Crippen molar-refractivity contribution in [2.24, 2.45) is 5.16 Å². The summed E-state index contributed by atoms with van der Waals surface area (Å²) in [6.45, 7) is 0. The number of fused-ring (bicyclic) bond motifs is 10. The number of nitrogens with one attached hydrogen (secondary N) is 1. The predicted molar refractivity (Wildman–Crippen MR) is 106 cm³/mol. The first kappa shape index (κ1) is 13.7. The molecule has 0 fully saturated rings. The van der Waals surface area contributed by atoms with Crippen LogP contribution < -0.4 is 0 Å². The van der Waals surface area contributed by atoms with E-state index in [1.165, 1.54) is 21.5 Å². The maximum absolute atomic E-state index is 9.84. The minimum Gasteiger partial charge on any atom is -0.410 e. The summed E-state index contributed by atoms with van der Waals surface area (Å²) in [6, 6.07) is 25.0. The van der Waals surface area contributed by atoms with Gasteiger partial charge in [-0.1, -0.05) is 71.9 Å². The Morgan fingerprint density at radius 3 is 2.12 bits per heavy atom. The van der Waals surface area contributed by atoms with Crippen molar-refractivity contribution < 1.29 is 5.21 Å². The molecule has 0 aliphatic heterocycles. The molecule has 26 heavy (non-hydrogen) atoms. The molecule has 3 heteroatoms. The smallest absolute Gasteiger partial charge is 0.120 e. The van der Waals surface area contributed by atoms with E-state index in [1.54, 1.807) is 0 Å². The van der Waals surface area contributed by atoms with Crippen molar-refractivity contribution in [1.82, 2.24) is 4.98 Å². The minimum absolute atomic E-state index is 0.637. The molecule has 1 aromatic heterocycles. The van der Waals surface area contributed by atoms with Gasteiger partial charge in [0.15, 0.2) is 0 Å². The average Bonchev–Trinajstić information content (AvgIpc) is 3.24. The Labute approximate surface area is 149 Å². The van der Waals surface area contributed by atoms with Crippen LogP contribution in [0.25, 0.3) is 43.7 Å². The zero-order chi connectivity index (χ0) is 17.3. The summed E-state index contributed by atoms with van der Waals surface area (Å²) in [5.41, 5.74) is 6.98. The summed E-state index contributed by atoms with van der Waals surface area (Å²) in [6.07, 6.45) is 0. The van der Waals surface area contributed by atoms with Crippen molar-refractivity contribution >= 4 is 38.3 Å². The van der Waals surface area contributed by atoms with Crippen LogP contribution in [0, 0.1) is 0 Å². The monoisotopic (exact) mass is 334 g/mol. The summed E-state index contributed by atoms with van der Waals surface area (Å²) in [5, 5.41) is 18.3. The lowest BCUT2D eigenvalue weighted by Crippen LogP contribution is -1.99. The molecule has 0 unspecified atom stereocenters. The number of hydrogen-bond donors (Lipinski definition) is 2. The van der Waals surface area contributed by atoms with Crippen LogP contribution in [0.5, 0.6) is 0 Å². The molecule has 1 heterocycles. The van der Waals surface area contributed by atoms with Crippen LogP contribution in [0.1, 0.15) is 11.1 Å². The van der Waals surface area contributed by atoms with Crippen molar-refractivity contribution in [3.05, 3.63) is 83.9 Å². The van der Waals surface area contributed by atoms with E-state index >= 15 is 0 Å². The molecule has 6 rings (SSSR count). The van der Waals surface area contributed by atoms with Gasteiger partial charge in [-0.2, -0.15) is 0 Å². The Balaban J connectivity index is 1.98. The molecular formula is C23H14N2O. The van der Waals surface area contributed by atoms with Gasteiger partial charge < -0.3 is 10.2 Å². The molecule has 3 nitrogen and oxygen atoms in total. The normalized spacial score (nSPS) is 14.4. The third-order valence-corrected chi connectivity index (χ3v) is 5.46. The van der Waals surface area contributed by atoms with E-state index in [4.69, 9.17) is 0 Å². The maximum atomic E-state index is 9.84. The number of hydrogen-bond acceptors (Lipinski definition) is 2. The molecule has 2 N–H and O–H groups in total. The molecule has 0 saturated heterocycles. The third-order valence-electron chi connectivity index (χ3n) is 5.46. The Bertz CT molecular complexity index is 1390. The van der Waals surface area contributed by atoms with Gasteiger partial charge in [0.05, 0.1) is 5.52 Å². The van der Waals surface area contributed by atoms with Crippen LogP contribution in [0.15, 0.2) is 78.0 Å². The van der Waals surface area contributed by atoms with Gasteiger partial charge in [0.1, 0.15) is 5.71 Å². The highest BCUT2D eigenvalue weighted by Gasteiger charge is 2.31. The SMILES string of the molecule is O/N=C1/c2ccccc2-c2c1c1[nH]c3ccccc3c1c1ccccc21. The number of oxime groups is 1. The minimum atomic E-state index is 0.637. The van der Waals surface area contributed by atoms with E-state index in [-0.39, 0.29) is 0 Å². The zero-order valence-corrected chi connectivity index (χ0v) is 13.8. The summed E-state index contributed by atoms with van der Waals surface area (Å²) in [4.78, 5) is 3.58. The summed E-state index contributed by atoms with van der Waals surface area (Å²) < 4.78 is 0. The van der Waals surface area contributed by atoms with Gasteiger partial charge in [-0.15, -0.1) is 0 Å². The van der Waals surface area contributed by atoms with Gasteiger partial charge in [-0.25, -0.2) is 0 Å². The van der Waals surface area contributed by atoms with E-state index < -0.39 is 0 Å². The summed E-state index contributed by atoms with van der Waals surface area (Å²) in [7, 11) is 0. The number of para-hydroxylation sites is 1. The van der Waals surface area contributed by atoms with Crippen molar-refractivity contribution in [3.63, 3.8) is 0 Å². The van der Waals surface area contributed by atoms with Crippen LogP contribution >= 0.6 is 0 Å². The summed E-state index contributed by atoms with van der Waals surface area (Å²) in [5.74, 6) is 0. The van der Waals surface area contributed by atoms with Gasteiger partial charge in [0.2, 0.25) is 0 Å². The van der Waals surface area contributed by atoms with Crippen LogP contribution in [-0.2, 0) is 0 Å².